The van der Waals surface area contributed by atoms with Gasteiger partial charge < -0.3 is 23.8 Å². The first kappa shape index (κ1) is 78.8. The molecule has 9 rings (SSSR count). The van der Waals surface area contributed by atoms with Crippen molar-refractivity contribution in [2.24, 2.45) is 16.2 Å². The zero-order chi connectivity index (χ0) is 72.8. The first-order chi connectivity index (χ1) is 45.0. The average molecular weight is 1370 g/mol. The first-order valence-corrected chi connectivity index (χ1v) is 33.2. The highest BCUT2D eigenvalue weighted by molar-refractivity contribution is 6.93. The van der Waals surface area contributed by atoms with Crippen molar-refractivity contribution in [3.05, 3.63) is 188 Å². The number of halogens is 3. The standard InChI is InChI=1S/C27H29ClN2O2.C26H30N2O.C25H29N3O.C2H4O.CCl2O/c1-17-11-18(12-24(28)31)7-8-19(17)13-20(15-29)25-30-22-14-21(9-10-23(22)32-25)27(5,6)16-26(2,3)4;1-17-8-9-19(18(2)12-17)13-20(15-27)24-28-22-14-21(10-11-23(22)29-24)26(6,7)16-25(3,4)5;1-16-11-20(27)9-7-17(16)12-18(14-26)23-28-21-13-19(8-10-22(21)29-23)25(5,6)15-24(2,3)4;1-2-3;2-1(3)4/h7-11,13-14H,12,16H2,1-6H3;8-14H,16H2,1-7H3;7-13H,15,27H2,1-6H3;2H,1H3;/b2*20-13+;18-12+;;. The van der Waals surface area contributed by atoms with E-state index in [1.165, 1.54) is 29.2 Å². The number of nitriles is 3. The number of hydrogen-bond acceptors (Lipinski definition) is 13. The van der Waals surface area contributed by atoms with Gasteiger partial charge in [0.25, 0.3) is 0 Å². The molecular weight excluding hydrogens is 1270 g/mol. The van der Waals surface area contributed by atoms with Crippen LogP contribution in [0.4, 0.5) is 10.5 Å². The summed E-state index contributed by atoms with van der Waals surface area (Å²) in [5.74, 6) is 1.01. The van der Waals surface area contributed by atoms with Gasteiger partial charge in [-0.15, -0.1) is 0 Å². The van der Waals surface area contributed by atoms with Gasteiger partial charge in [-0.1, -0.05) is 170 Å². The van der Waals surface area contributed by atoms with Gasteiger partial charge in [0.05, 0.1) is 0 Å². The Kier molecular flexibility index (Phi) is 26.7. The Morgan fingerprint density at radius 1 is 0.464 bits per heavy atom. The monoisotopic (exact) mass is 1360 g/mol. The summed E-state index contributed by atoms with van der Waals surface area (Å²) in [4.78, 5) is 42.8. The second kappa shape index (κ2) is 32.9. The van der Waals surface area contributed by atoms with Gasteiger partial charge in [-0.25, -0.2) is 15.0 Å². The Morgan fingerprint density at radius 3 is 1.04 bits per heavy atom. The number of nitrogens with zero attached hydrogens (tertiary/aromatic N) is 6. The van der Waals surface area contributed by atoms with Gasteiger partial charge in [-0.3, -0.25) is 9.59 Å². The quantitative estimate of drug-likeness (QED) is 0.0463. The molecule has 0 radical (unpaired) electrons. The van der Waals surface area contributed by atoms with Crippen molar-refractivity contribution < 1.29 is 27.6 Å². The van der Waals surface area contributed by atoms with Crippen LogP contribution in [-0.4, -0.2) is 31.2 Å². The predicted molar refractivity (Wildman–Crippen MR) is 400 cm³/mol. The molecule has 0 amide bonds. The van der Waals surface area contributed by atoms with Crippen LogP contribution in [0.1, 0.15) is 209 Å². The molecule has 0 aliphatic heterocycles. The molecule has 3 aromatic heterocycles. The molecule has 3 heterocycles. The van der Waals surface area contributed by atoms with E-state index in [0.717, 1.165) is 81.0 Å². The minimum atomic E-state index is -0.889. The van der Waals surface area contributed by atoms with Crippen molar-refractivity contribution in [2.75, 3.05) is 5.73 Å². The Labute approximate surface area is 588 Å². The number of carbonyl (C=O) groups is 3. The SMILES string of the molecule is CC=O.Cc1cc(CC(=O)Cl)ccc1/C=C(\C#N)c1nc2cc(C(C)(C)CC(C)(C)C)ccc2o1.Cc1cc(N)ccc1/C=C(\C#N)c1nc2cc(C(C)(C)CC(C)(C)C)ccc2o1.Cc1ccc(/C=C(\C#N)c2nc3cc(C(C)(C)CC(C)(C)C)ccc3o2)c(C)c1.O=C(Cl)Cl. The van der Waals surface area contributed by atoms with Crippen LogP contribution in [0.5, 0.6) is 0 Å². The second-order valence-electron chi connectivity index (χ2n) is 30.1. The van der Waals surface area contributed by atoms with E-state index < -0.39 is 9.94 Å². The summed E-state index contributed by atoms with van der Waals surface area (Å²) in [6.07, 6.45) is 9.48. The van der Waals surface area contributed by atoms with E-state index in [4.69, 9.17) is 40.2 Å². The zero-order valence-electron chi connectivity index (χ0n) is 59.9. The summed E-state index contributed by atoms with van der Waals surface area (Å²) in [7, 11) is 0. The maximum Gasteiger partial charge on any atom is 0.313 e. The van der Waals surface area contributed by atoms with Crippen molar-refractivity contribution in [2.45, 2.75) is 180 Å². The highest BCUT2D eigenvalue weighted by Gasteiger charge is 2.31. The van der Waals surface area contributed by atoms with Gasteiger partial charge >= 0.3 is 4.70 Å². The summed E-state index contributed by atoms with van der Waals surface area (Å²) in [5.41, 5.74) is 24.3. The van der Waals surface area contributed by atoms with Crippen molar-refractivity contribution in [3.63, 3.8) is 0 Å². The highest BCUT2D eigenvalue weighted by atomic mass is 35.5. The zero-order valence-corrected chi connectivity index (χ0v) is 62.1. The number of fused-ring (bicyclic) bond motifs is 3. The smallest absolute Gasteiger partial charge is 0.313 e. The molecule has 0 aliphatic rings. The summed E-state index contributed by atoms with van der Waals surface area (Å²) in [6, 6.07) is 42.5. The molecule has 0 saturated carbocycles. The minimum absolute atomic E-state index is 0.0112. The lowest BCUT2D eigenvalue weighted by atomic mass is 9.72. The molecule has 0 bridgehead atoms. The number of nitrogens with two attached hydrogens (primary N) is 1. The fraction of sp³-hybridized carbons (Fsp3) is 0.370. The number of aldehydes is 1. The van der Waals surface area contributed by atoms with Gasteiger partial charge in [0.2, 0.25) is 22.9 Å². The maximum atomic E-state index is 11.1. The summed E-state index contributed by atoms with van der Waals surface area (Å²) < 4.78 is 16.8. The fourth-order valence-electron chi connectivity index (χ4n) is 12.6. The van der Waals surface area contributed by atoms with E-state index in [2.05, 4.69) is 210 Å². The molecule has 9 aromatic rings. The largest absolute Gasteiger partial charge is 0.435 e. The van der Waals surface area contributed by atoms with Gasteiger partial charge in [-0.05, 0) is 244 Å². The van der Waals surface area contributed by atoms with Crippen LogP contribution in [-0.2, 0) is 32.3 Å². The Bertz CT molecular complexity index is 4360. The fourth-order valence-corrected chi connectivity index (χ4v) is 12.7. The summed E-state index contributed by atoms with van der Waals surface area (Å²) in [6.45, 7) is 43.2. The van der Waals surface area contributed by atoms with Crippen LogP contribution in [0.2, 0.25) is 0 Å². The van der Waals surface area contributed by atoms with E-state index in [1.54, 1.807) is 12.2 Å². The van der Waals surface area contributed by atoms with E-state index in [1.807, 2.05) is 93.6 Å². The molecule has 16 heteroatoms. The highest BCUT2D eigenvalue weighted by Crippen LogP contribution is 2.41. The predicted octanol–water partition coefficient (Wildman–Crippen LogP) is 22.7. The molecular formula is C81H92Cl3N7O6. The Morgan fingerprint density at radius 2 is 0.763 bits per heavy atom. The molecule has 6 aromatic carbocycles. The van der Waals surface area contributed by atoms with Crippen molar-refractivity contribution in [3.8, 4) is 18.2 Å². The first-order valence-electron chi connectivity index (χ1n) is 32.1. The number of carbonyl (C=O) groups excluding carboxylic acids is 3. The number of hydrogen-bond donors (Lipinski definition) is 1. The number of rotatable bonds is 14. The van der Waals surface area contributed by atoms with Crippen LogP contribution in [0.3, 0.4) is 0 Å². The van der Waals surface area contributed by atoms with Gasteiger partial charge in [0.1, 0.15) is 57.8 Å². The average Bonchev–Trinajstić information content (AvgIpc) is 1.75. The lowest BCUT2D eigenvalue weighted by molar-refractivity contribution is -0.111. The second-order valence-corrected chi connectivity index (χ2v) is 31.4. The van der Waals surface area contributed by atoms with Crippen LogP contribution in [0, 0.1) is 77.9 Å². The number of aromatic nitrogens is 3. The normalized spacial score (nSPS) is 12.4. The molecule has 0 saturated heterocycles. The van der Waals surface area contributed by atoms with E-state index in [0.29, 0.717) is 56.8 Å². The van der Waals surface area contributed by atoms with Crippen LogP contribution >= 0.6 is 34.8 Å². The number of benzene rings is 6. The number of allylic oxidation sites excluding steroid dienone is 3. The van der Waals surface area contributed by atoms with E-state index >= 15 is 0 Å². The number of nitrogen functional groups attached to an aromatic ring is 1. The number of oxazole rings is 3. The topological polar surface area (TPSA) is 227 Å². The molecule has 2 N–H and O–H groups in total. The molecule has 97 heavy (non-hydrogen) atoms. The van der Waals surface area contributed by atoms with Crippen LogP contribution in [0.15, 0.2) is 122 Å². The molecule has 508 valence electrons. The third-order valence-electron chi connectivity index (χ3n) is 15.8. The minimum Gasteiger partial charge on any atom is -0.435 e. The maximum absolute atomic E-state index is 11.1. The van der Waals surface area contributed by atoms with E-state index in [-0.39, 0.29) is 38.9 Å². The van der Waals surface area contributed by atoms with Crippen molar-refractivity contribution in [1.29, 1.82) is 15.8 Å². The van der Waals surface area contributed by atoms with Crippen molar-refractivity contribution >= 4 is 125 Å². The molecule has 0 aliphatic carbocycles. The van der Waals surface area contributed by atoms with Crippen molar-refractivity contribution in [1.82, 2.24) is 15.0 Å². The van der Waals surface area contributed by atoms with Gasteiger partial charge in [0.15, 0.2) is 16.7 Å². The molecule has 0 unspecified atom stereocenters. The lowest BCUT2D eigenvalue weighted by Gasteiger charge is -2.33. The van der Waals surface area contributed by atoms with Crippen LogP contribution in [0.25, 0.3) is 68.2 Å². The molecule has 0 spiro atoms. The summed E-state index contributed by atoms with van der Waals surface area (Å²) in [5, 5.41) is 28.7. The van der Waals surface area contributed by atoms with Crippen LogP contribution < -0.4 is 5.73 Å². The Hall–Kier alpha value is -8.90. The Balaban J connectivity index is 0.000000251. The number of anilines is 1. The van der Waals surface area contributed by atoms with Gasteiger partial charge in [0, 0.05) is 12.1 Å². The summed E-state index contributed by atoms with van der Waals surface area (Å²) >= 11 is 14.3. The van der Waals surface area contributed by atoms with Gasteiger partial charge in [-0.2, -0.15) is 15.8 Å². The molecule has 0 fully saturated rings. The lowest BCUT2D eigenvalue weighted by Crippen LogP contribution is -2.24. The number of aryl methyl sites for hydroxylation is 4. The third-order valence-corrected chi connectivity index (χ3v) is 15.9. The van der Waals surface area contributed by atoms with E-state index in [9.17, 15) is 20.6 Å². The third kappa shape index (κ3) is 23.7. The molecule has 0 atom stereocenters. The molecule has 13 nitrogen and oxygen atoms in total.